The SMILES string of the molecule is O=CC1=C(c2ccc(-c3ccccc3)cc2)CCC1. The lowest BCUT2D eigenvalue weighted by Crippen LogP contribution is -1.86. The van der Waals surface area contributed by atoms with Crippen LogP contribution in [0, 0.1) is 0 Å². The Kier molecular flexibility index (Phi) is 3.28. The van der Waals surface area contributed by atoms with E-state index < -0.39 is 0 Å². The number of aldehydes is 1. The number of allylic oxidation sites excluding steroid dienone is 2. The van der Waals surface area contributed by atoms with Crippen molar-refractivity contribution in [1.82, 2.24) is 0 Å². The van der Waals surface area contributed by atoms with Gasteiger partial charge in [0.2, 0.25) is 0 Å². The first-order chi connectivity index (χ1) is 9.38. The minimum Gasteiger partial charge on any atom is -0.298 e. The van der Waals surface area contributed by atoms with Crippen LogP contribution in [-0.4, -0.2) is 6.29 Å². The Bertz CT molecular complexity index is 606. The van der Waals surface area contributed by atoms with Crippen LogP contribution in [0.4, 0.5) is 0 Å². The van der Waals surface area contributed by atoms with E-state index in [0.29, 0.717) is 0 Å². The van der Waals surface area contributed by atoms with Gasteiger partial charge in [0.1, 0.15) is 6.29 Å². The Morgan fingerprint density at radius 2 is 1.37 bits per heavy atom. The molecule has 0 saturated heterocycles. The maximum Gasteiger partial charge on any atom is 0.146 e. The quantitative estimate of drug-likeness (QED) is 0.731. The van der Waals surface area contributed by atoms with E-state index in [0.717, 1.165) is 31.1 Å². The van der Waals surface area contributed by atoms with Crippen molar-refractivity contribution in [3.8, 4) is 11.1 Å². The van der Waals surface area contributed by atoms with Crippen LogP contribution in [0.5, 0.6) is 0 Å². The summed E-state index contributed by atoms with van der Waals surface area (Å²) in [6.45, 7) is 0. The van der Waals surface area contributed by atoms with E-state index in [4.69, 9.17) is 0 Å². The van der Waals surface area contributed by atoms with Crippen molar-refractivity contribution in [3.05, 3.63) is 65.7 Å². The number of benzene rings is 2. The molecule has 0 atom stereocenters. The summed E-state index contributed by atoms with van der Waals surface area (Å²) in [6.07, 6.45) is 4.08. The van der Waals surface area contributed by atoms with Gasteiger partial charge in [-0.05, 0) is 47.1 Å². The second kappa shape index (κ2) is 5.23. The molecule has 1 aliphatic rings. The molecule has 0 saturated carbocycles. The van der Waals surface area contributed by atoms with Crippen molar-refractivity contribution in [1.29, 1.82) is 0 Å². The molecule has 0 spiro atoms. The maximum atomic E-state index is 11.0. The molecule has 1 nitrogen and oxygen atoms in total. The second-order valence-corrected chi connectivity index (χ2v) is 4.92. The minimum atomic E-state index is 0.930. The first-order valence-corrected chi connectivity index (χ1v) is 6.71. The average Bonchev–Trinajstić information content (AvgIpc) is 2.97. The molecule has 0 N–H and O–H groups in total. The van der Waals surface area contributed by atoms with Gasteiger partial charge in [-0.15, -0.1) is 0 Å². The van der Waals surface area contributed by atoms with Crippen molar-refractivity contribution in [2.24, 2.45) is 0 Å². The molecule has 0 heterocycles. The van der Waals surface area contributed by atoms with Crippen molar-refractivity contribution < 1.29 is 4.79 Å². The fraction of sp³-hybridized carbons (Fsp3) is 0.167. The van der Waals surface area contributed by atoms with Gasteiger partial charge in [0.25, 0.3) is 0 Å². The van der Waals surface area contributed by atoms with Gasteiger partial charge < -0.3 is 0 Å². The third-order valence-electron chi connectivity index (χ3n) is 3.74. The largest absolute Gasteiger partial charge is 0.298 e. The van der Waals surface area contributed by atoms with E-state index in [2.05, 4.69) is 36.4 Å². The molecular formula is C18H16O. The van der Waals surface area contributed by atoms with Crippen LogP contribution in [-0.2, 0) is 4.79 Å². The molecule has 0 bridgehead atoms. The van der Waals surface area contributed by atoms with Gasteiger partial charge >= 0.3 is 0 Å². The fourth-order valence-corrected chi connectivity index (χ4v) is 2.72. The van der Waals surface area contributed by atoms with Crippen LogP contribution < -0.4 is 0 Å². The lowest BCUT2D eigenvalue weighted by Gasteiger charge is -2.06. The van der Waals surface area contributed by atoms with Crippen LogP contribution in [0.3, 0.4) is 0 Å². The highest BCUT2D eigenvalue weighted by molar-refractivity contribution is 5.90. The number of carbonyl (C=O) groups excluding carboxylic acids is 1. The maximum absolute atomic E-state index is 11.0. The van der Waals surface area contributed by atoms with Crippen LogP contribution in [0.15, 0.2) is 60.2 Å². The first-order valence-electron chi connectivity index (χ1n) is 6.71. The van der Waals surface area contributed by atoms with Crippen LogP contribution in [0.25, 0.3) is 16.7 Å². The zero-order valence-electron chi connectivity index (χ0n) is 10.8. The fourth-order valence-electron chi connectivity index (χ4n) is 2.72. The van der Waals surface area contributed by atoms with E-state index in [1.165, 1.54) is 22.3 Å². The molecule has 2 aromatic rings. The molecule has 3 rings (SSSR count). The minimum absolute atomic E-state index is 0.930. The molecule has 94 valence electrons. The summed E-state index contributed by atoms with van der Waals surface area (Å²) < 4.78 is 0. The molecule has 1 aliphatic carbocycles. The number of hydrogen-bond donors (Lipinski definition) is 0. The van der Waals surface area contributed by atoms with E-state index in [9.17, 15) is 4.79 Å². The number of carbonyl (C=O) groups is 1. The topological polar surface area (TPSA) is 17.1 Å². The summed E-state index contributed by atoms with van der Waals surface area (Å²) in [7, 11) is 0. The molecule has 0 amide bonds. The molecule has 0 aliphatic heterocycles. The monoisotopic (exact) mass is 248 g/mol. The highest BCUT2D eigenvalue weighted by Crippen LogP contribution is 2.33. The van der Waals surface area contributed by atoms with Gasteiger partial charge in [0, 0.05) is 0 Å². The third kappa shape index (κ3) is 2.37. The molecule has 2 aromatic carbocycles. The summed E-state index contributed by atoms with van der Waals surface area (Å²) in [4.78, 5) is 11.0. The van der Waals surface area contributed by atoms with E-state index in [1.807, 2.05) is 18.2 Å². The van der Waals surface area contributed by atoms with Crippen molar-refractivity contribution in [3.63, 3.8) is 0 Å². The molecule has 0 radical (unpaired) electrons. The van der Waals surface area contributed by atoms with Gasteiger partial charge in [-0.3, -0.25) is 4.79 Å². The molecular weight excluding hydrogens is 232 g/mol. The summed E-state index contributed by atoms with van der Waals surface area (Å²) in [5.74, 6) is 0. The lowest BCUT2D eigenvalue weighted by atomic mass is 9.98. The Hall–Kier alpha value is -2.15. The van der Waals surface area contributed by atoms with E-state index in [-0.39, 0.29) is 0 Å². The summed E-state index contributed by atoms with van der Waals surface area (Å²) in [6, 6.07) is 18.9. The number of rotatable bonds is 3. The van der Waals surface area contributed by atoms with Gasteiger partial charge in [-0.2, -0.15) is 0 Å². The average molecular weight is 248 g/mol. The standard InChI is InChI=1S/C18H16O/c19-13-17-7-4-8-18(17)16-11-9-15(10-12-16)14-5-2-1-3-6-14/h1-3,5-6,9-13H,4,7-8H2. The third-order valence-corrected chi connectivity index (χ3v) is 3.74. The second-order valence-electron chi connectivity index (χ2n) is 4.92. The first kappa shape index (κ1) is 11.9. The predicted molar refractivity (Wildman–Crippen MR) is 78.7 cm³/mol. The zero-order chi connectivity index (χ0) is 13.1. The van der Waals surface area contributed by atoms with Crippen molar-refractivity contribution >= 4 is 11.9 Å². The van der Waals surface area contributed by atoms with E-state index in [1.54, 1.807) is 0 Å². The predicted octanol–water partition coefficient (Wildman–Crippen LogP) is 4.49. The Morgan fingerprint density at radius 3 is 2.05 bits per heavy atom. The van der Waals surface area contributed by atoms with Gasteiger partial charge in [0.15, 0.2) is 0 Å². The van der Waals surface area contributed by atoms with Crippen LogP contribution in [0.2, 0.25) is 0 Å². The highest BCUT2D eigenvalue weighted by atomic mass is 16.1. The van der Waals surface area contributed by atoms with Gasteiger partial charge in [0.05, 0.1) is 0 Å². The molecule has 0 unspecified atom stereocenters. The molecule has 0 aromatic heterocycles. The highest BCUT2D eigenvalue weighted by Gasteiger charge is 2.15. The lowest BCUT2D eigenvalue weighted by molar-refractivity contribution is -0.104. The van der Waals surface area contributed by atoms with Crippen molar-refractivity contribution in [2.75, 3.05) is 0 Å². The summed E-state index contributed by atoms with van der Waals surface area (Å²) >= 11 is 0. The molecule has 1 heteroatoms. The van der Waals surface area contributed by atoms with Crippen LogP contribution >= 0.6 is 0 Å². The Morgan fingerprint density at radius 1 is 0.737 bits per heavy atom. The molecule has 0 fully saturated rings. The van der Waals surface area contributed by atoms with Crippen molar-refractivity contribution in [2.45, 2.75) is 19.3 Å². The zero-order valence-corrected chi connectivity index (χ0v) is 10.8. The van der Waals surface area contributed by atoms with Gasteiger partial charge in [-0.1, -0.05) is 54.6 Å². The normalized spacial score (nSPS) is 14.7. The number of hydrogen-bond acceptors (Lipinski definition) is 1. The summed E-state index contributed by atoms with van der Waals surface area (Å²) in [5, 5.41) is 0. The van der Waals surface area contributed by atoms with Gasteiger partial charge in [-0.25, -0.2) is 0 Å². The smallest absolute Gasteiger partial charge is 0.146 e. The molecule has 19 heavy (non-hydrogen) atoms. The van der Waals surface area contributed by atoms with E-state index >= 15 is 0 Å². The summed E-state index contributed by atoms with van der Waals surface area (Å²) in [5.41, 5.74) is 5.85. The Balaban J connectivity index is 1.94. The Labute approximate surface area is 113 Å². The van der Waals surface area contributed by atoms with Crippen LogP contribution in [0.1, 0.15) is 24.8 Å².